The van der Waals surface area contributed by atoms with Gasteiger partial charge in [-0.1, -0.05) is 11.6 Å². The Bertz CT molecular complexity index is 677. The average molecular weight is 388 g/mol. The Kier molecular flexibility index (Phi) is 7.25. The topological polar surface area (TPSA) is 69.7 Å². The van der Waals surface area contributed by atoms with Gasteiger partial charge in [-0.25, -0.2) is 8.42 Å². The molecule has 1 saturated heterocycles. The molecule has 0 saturated carbocycles. The van der Waals surface area contributed by atoms with Crippen molar-refractivity contribution in [1.82, 2.24) is 14.5 Å². The van der Waals surface area contributed by atoms with Crippen LogP contribution in [0.1, 0.15) is 19.3 Å². The average Bonchev–Trinajstić information content (AvgIpc) is 2.59. The minimum absolute atomic E-state index is 0.0604. The number of nitrogens with one attached hydrogen (secondary N) is 1. The van der Waals surface area contributed by atoms with Crippen molar-refractivity contribution in [1.29, 1.82) is 0 Å². The first-order chi connectivity index (χ1) is 11.8. The highest BCUT2D eigenvalue weighted by Gasteiger charge is 2.33. The first-order valence-corrected chi connectivity index (χ1v) is 10.3. The van der Waals surface area contributed by atoms with Gasteiger partial charge in [0.05, 0.1) is 10.8 Å². The van der Waals surface area contributed by atoms with Gasteiger partial charge in [0.2, 0.25) is 15.9 Å². The van der Waals surface area contributed by atoms with Crippen LogP contribution < -0.4 is 5.32 Å². The van der Waals surface area contributed by atoms with Crippen LogP contribution >= 0.6 is 11.6 Å². The molecule has 0 radical (unpaired) electrons. The normalized spacial score (nSPS) is 19.1. The number of piperidine rings is 1. The molecule has 0 aromatic heterocycles. The molecule has 140 valence electrons. The molecule has 8 heteroatoms. The largest absolute Gasteiger partial charge is 0.356 e. The van der Waals surface area contributed by atoms with Gasteiger partial charge < -0.3 is 10.2 Å². The molecule has 0 bridgehead atoms. The molecule has 1 atom stereocenters. The van der Waals surface area contributed by atoms with Gasteiger partial charge in [0.1, 0.15) is 0 Å². The number of hydrogen-bond donors (Lipinski definition) is 1. The van der Waals surface area contributed by atoms with Gasteiger partial charge in [0.15, 0.2) is 0 Å². The molecule has 1 fully saturated rings. The van der Waals surface area contributed by atoms with Crippen LogP contribution in [0.5, 0.6) is 0 Å². The Morgan fingerprint density at radius 2 is 2.00 bits per heavy atom. The highest BCUT2D eigenvalue weighted by Crippen LogP contribution is 2.24. The van der Waals surface area contributed by atoms with Crippen LogP contribution in [0.3, 0.4) is 0 Å². The Labute approximate surface area is 155 Å². The van der Waals surface area contributed by atoms with E-state index in [1.165, 1.54) is 16.4 Å². The molecule has 1 heterocycles. The summed E-state index contributed by atoms with van der Waals surface area (Å²) in [6.45, 7) is 2.18. The van der Waals surface area contributed by atoms with Gasteiger partial charge >= 0.3 is 0 Å². The lowest BCUT2D eigenvalue weighted by Gasteiger charge is -2.31. The van der Waals surface area contributed by atoms with Gasteiger partial charge in [-0.05, 0) is 64.2 Å². The minimum atomic E-state index is -3.59. The van der Waals surface area contributed by atoms with Crippen molar-refractivity contribution in [2.45, 2.75) is 24.2 Å². The summed E-state index contributed by atoms with van der Waals surface area (Å²) < 4.78 is 26.9. The molecule has 1 amide bonds. The van der Waals surface area contributed by atoms with E-state index in [9.17, 15) is 13.2 Å². The molecule has 6 nitrogen and oxygen atoms in total. The van der Waals surface area contributed by atoms with Crippen LogP contribution in [0.2, 0.25) is 5.02 Å². The van der Waals surface area contributed by atoms with Crippen molar-refractivity contribution >= 4 is 27.5 Å². The lowest BCUT2D eigenvalue weighted by atomic mass is 9.99. The molecule has 1 aliphatic rings. The smallest absolute Gasteiger partial charge is 0.243 e. The first-order valence-electron chi connectivity index (χ1n) is 8.49. The molecule has 1 aromatic rings. The predicted octanol–water partition coefficient (Wildman–Crippen LogP) is 1.81. The van der Waals surface area contributed by atoms with Crippen LogP contribution in [-0.4, -0.2) is 63.8 Å². The number of nitrogens with zero attached hydrogens (tertiary/aromatic N) is 2. The SMILES string of the molecule is CN(C)CCCNC(=O)[C@@H]1CCCN(S(=O)(=O)c2ccc(Cl)cc2)C1. The summed E-state index contributed by atoms with van der Waals surface area (Å²) >= 11 is 5.83. The number of rotatable bonds is 7. The van der Waals surface area contributed by atoms with Crippen molar-refractivity contribution in [2.75, 3.05) is 40.3 Å². The van der Waals surface area contributed by atoms with Crippen molar-refractivity contribution < 1.29 is 13.2 Å². The standard InChI is InChI=1S/C17H26ClN3O3S/c1-20(2)11-4-10-19-17(22)14-5-3-12-21(13-14)25(23,24)16-8-6-15(18)7-9-16/h6-9,14H,3-5,10-13H2,1-2H3,(H,19,22)/t14-/m1/s1. The number of halogens is 1. The number of hydrogen-bond acceptors (Lipinski definition) is 4. The summed E-state index contributed by atoms with van der Waals surface area (Å²) in [6, 6.07) is 6.13. The van der Waals surface area contributed by atoms with Crippen LogP contribution in [0, 0.1) is 5.92 Å². The van der Waals surface area contributed by atoms with Crippen molar-refractivity contribution in [3.05, 3.63) is 29.3 Å². The van der Waals surface area contributed by atoms with E-state index in [4.69, 9.17) is 11.6 Å². The van der Waals surface area contributed by atoms with Gasteiger partial charge in [-0.3, -0.25) is 4.79 Å². The summed E-state index contributed by atoms with van der Waals surface area (Å²) in [5, 5.41) is 3.42. The second kappa shape index (κ2) is 8.98. The van der Waals surface area contributed by atoms with Crippen LogP contribution in [0.4, 0.5) is 0 Å². The molecular weight excluding hydrogens is 362 g/mol. The van der Waals surface area contributed by atoms with E-state index in [-0.39, 0.29) is 23.3 Å². The number of carbonyl (C=O) groups excluding carboxylic acids is 1. The third kappa shape index (κ3) is 5.67. The van der Waals surface area contributed by atoms with E-state index in [0.29, 0.717) is 31.0 Å². The van der Waals surface area contributed by atoms with E-state index < -0.39 is 10.0 Å². The van der Waals surface area contributed by atoms with Crippen molar-refractivity contribution in [3.8, 4) is 0 Å². The summed E-state index contributed by atoms with van der Waals surface area (Å²) in [7, 11) is 0.383. The maximum Gasteiger partial charge on any atom is 0.243 e. The fourth-order valence-electron chi connectivity index (χ4n) is 2.88. The minimum Gasteiger partial charge on any atom is -0.356 e. The predicted molar refractivity (Wildman–Crippen MR) is 99.1 cm³/mol. The number of amides is 1. The van der Waals surface area contributed by atoms with Crippen molar-refractivity contribution in [3.63, 3.8) is 0 Å². The van der Waals surface area contributed by atoms with Gasteiger partial charge in [-0.15, -0.1) is 0 Å². The van der Waals surface area contributed by atoms with E-state index in [1.807, 2.05) is 14.1 Å². The number of benzene rings is 1. The summed E-state index contributed by atoms with van der Waals surface area (Å²) in [5.74, 6) is -0.357. The second-order valence-corrected chi connectivity index (χ2v) is 8.98. The third-order valence-electron chi connectivity index (χ3n) is 4.29. The fraction of sp³-hybridized carbons (Fsp3) is 0.588. The third-order valence-corrected chi connectivity index (χ3v) is 6.42. The lowest BCUT2D eigenvalue weighted by molar-refractivity contribution is -0.126. The quantitative estimate of drug-likeness (QED) is 0.724. The maximum atomic E-state index is 12.7. The zero-order valence-corrected chi connectivity index (χ0v) is 16.3. The monoisotopic (exact) mass is 387 g/mol. The van der Waals surface area contributed by atoms with E-state index in [2.05, 4.69) is 10.2 Å². The zero-order valence-electron chi connectivity index (χ0n) is 14.7. The van der Waals surface area contributed by atoms with Crippen LogP contribution in [-0.2, 0) is 14.8 Å². The molecule has 1 N–H and O–H groups in total. The Balaban J connectivity index is 1.95. The van der Waals surface area contributed by atoms with Gasteiger partial charge in [-0.2, -0.15) is 4.31 Å². The molecule has 25 heavy (non-hydrogen) atoms. The second-order valence-electron chi connectivity index (χ2n) is 6.60. The highest BCUT2D eigenvalue weighted by atomic mass is 35.5. The van der Waals surface area contributed by atoms with Gasteiger partial charge in [0, 0.05) is 24.7 Å². The van der Waals surface area contributed by atoms with E-state index >= 15 is 0 Å². The molecule has 0 unspecified atom stereocenters. The fourth-order valence-corrected chi connectivity index (χ4v) is 4.53. The number of sulfonamides is 1. The Morgan fingerprint density at radius 3 is 2.64 bits per heavy atom. The van der Waals surface area contributed by atoms with Crippen LogP contribution in [0.15, 0.2) is 29.2 Å². The summed E-state index contributed by atoms with van der Waals surface area (Å²) in [6.07, 6.45) is 2.27. The molecule has 0 aliphatic carbocycles. The Hall–Kier alpha value is -1.15. The Morgan fingerprint density at radius 1 is 1.32 bits per heavy atom. The van der Waals surface area contributed by atoms with E-state index in [0.717, 1.165) is 13.0 Å². The zero-order chi connectivity index (χ0) is 18.4. The highest BCUT2D eigenvalue weighted by molar-refractivity contribution is 7.89. The molecular formula is C17H26ClN3O3S. The van der Waals surface area contributed by atoms with E-state index in [1.54, 1.807) is 12.1 Å². The number of carbonyl (C=O) groups is 1. The summed E-state index contributed by atoms with van der Waals surface area (Å²) in [5.41, 5.74) is 0. The molecule has 2 rings (SSSR count). The molecule has 1 aromatic carbocycles. The van der Waals surface area contributed by atoms with Crippen molar-refractivity contribution in [2.24, 2.45) is 5.92 Å². The van der Waals surface area contributed by atoms with Gasteiger partial charge in [0.25, 0.3) is 0 Å². The lowest BCUT2D eigenvalue weighted by Crippen LogP contribution is -2.45. The summed E-state index contributed by atoms with van der Waals surface area (Å²) in [4.78, 5) is 14.6. The molecule has 1 aliphatic heterocycles. The first kappa shape index (κ1) is 20.2. The maximum absolute atomic E-state index is 12.7. The van der Waals surface area contributed by atoms with Crippen LogP contribution in [0.25, 0.3) is 0 Å². The molecule has 0 spiro atoms.